The predicted molar refractivity (Wildman–Crippen MR) is 89.2 cm³/mol. The van der Waals surface area contributed by atoms with Gasteiger partial charge in [-0.05, 0) is 68.7 Å². The molecule has 3 nitrogen and oxygen atoms in total. The average Bonchev–Trinajstić information content (AvgIpc) is 2.43. The van der Waals surface area contributed by atoms with Crippen LogP contribution < -0.4 is 10.6 Å². The third-order valence-electron chi connectivity index (χ3n) is 3.55. The molecule has 1 amide bonds. The molecule has 0 saturated carbocycles. The number of rotatable bonds is 4. The van der Waals surface area contributed by atoms with Crippen molar-refractivity contribution in [1.82, 2.24) is 0 Å². The molecule has 0 unspecified atom stereocenters. The number of hydrogen-bond donors (Lipinski definition) is 2. The zero-order valence-corrected chi connectivity index (χ0v) is 13.1. The first-order valence-electron chi connectivity index (χ1n) is 7.24. The largest absolute Gasteiger partial charge is 0.385 e. The fourth-order valence-electron chi connectivity index (χ4n) is 2.21. The number of nitrogens with one attached hydrogen (secondary N) is 2. The molecule has 21 heavy (non-hydrogen) atoms. The number of aryl methyl sites for hydroxylation is 3. The SMILES string of the molecule is CCNc1cc(C)ccc1C(=O)Nc1ccc(C)c(C)c1. The minimum atomic E-state index is -0.0887. The summed E-state index contributed by atoms with van der Waals surface area (Å²) in [5, 5.41) is 6.21. The van der Waals surface area contributed by atoms with Gasteiger partial charge in [-0.25, -0.2) is 0 Å². The van der Waals surface area contributed by atoms with Crippen LogP contribution in [-0.4, -0.2) is 12.5 Å². The first-order chi connectivity index (χ1) is 10.0. The summed E-state index contributed by atoms with van der Waals surface area (Å²) >= 11 is 0. The van der Waals surface area contributed by atoms with Crippen LogP contribution >= 0.6 is 0 Å². The van der Waals surface area contributed by atoms with Gasteiger partial charge in [-0.1, -0.05) is 12.1 Å². The second kappa shape index (κ2) is 6.44. The minimum Gasteiger partial charge on any atom is -0.385 e. The van der Waals surface area contributed by atoms with Gasteiger partial charge in [0.05, 0.1) is 5.56 Å². The van der Waals surface area contributed by atoms with Gasteiger partial charge in [0.15, 0.2) is 0 Å². The summed E-state index contributed by atoms with van der Waals surface area (Å²) in [4.78, 5) is 12.5. The van der Waals surface area contributed by atoms with Gasteiger partial charge in [0.2, 0.25) is 0 Å². The van der Waals surface area contributed by atoms with Crippen molar-refractivity contribution in [2.24, 2.45) is 0 Å². The lowest BCUT2D eigenvalue weighted by molar-refractivity contribution is 0.102. The molecule has 0 radical (unpaired) electrons. The molecule has 0 heterocycles. The van der Waals surface area contributed by atoms with Crippen molar-refractivity contribution in [3.8, 4) is 0 Å². The number of anilines is 2. The predicted octanol–water partition coefficient (Wildman–Crippen LogP) is 4.30. The molecule has 0 saturated heterocycles. The quantitative estimate of drug-likeness (QED) is 0.878. The molecule has 0 aliphatic rings. The summed E-state index contributed by atoms with van der Waals surface area (Å²) in [5.41, 5.74) is 5.89. The standard InChI is InChI=1S/C18H22N2O/c1-5-19-17-10-12(2)6-9-16(17)18(21)20-15-8-7-13(3)14(4)11-15/h6-11,19H,5H2,1-4H3,(H,20,21). The van der Waals surface area contributed by atoms with Gasteiger partial charge in [-0.15, -0.1) is 0 Å². The molecule has 0 aromatic heterocycles. The monoisotopic (exact) mass is 282 g/mol. The van der Waals surface area contributed by atoms with Crippen LogP contribution in [0, 0.1) is 20.8 Å². The van der Waals surface area contributed by atoms with Gasteiger partial charge < -0.3 is 10.6 Å². The summed E-state index contributed by atoms with van der Waals surface area (Å²) in [7, 11) is 0. The number of hydrogen-bond acceptors (Lipinski definition) is 2. The molecule has 3 heteroatoms. The van der Waals surface area contributed by atoms with Gasteiger partial charge in [0.1, 0.15) is 0 Å². The molecule has 0 spiro atoms. The van der Waals surface area contributed by atoms with Crippen molar-refractivity contribution in [3.63, 3.8) is 0 Å². The van der Waals surface area contributed by atoms with Gasteiger partial charge >= 0.3 is 0 Å². The van der Waals surface area contributed by atoms with Crippen LogP contribution in [0.15, 0.2) is 36.4 Å². The Hall–Kier alpha value is -2.29. The Morgan fingerprint density at radius 2 is 1.76 bits per heavy atom. The van der Waals surface area contributed by atoms with Crippen molar-refractivity contribution in [2.45, 2.75) is 27.7 Å². The molecular weight excluding hydrogens is 260 g/mol. The summed E-state index contributed by atoms with van der Waals surface area (Å²) in [6, 6.07) is 11.8. The third-order valence-corrected chi connectivity index (χ3v) is 3.55. The molecular formula is C18H22N2O. The molecule has 0 atom stereocenters. The fraction of sp³-hybridized carbons (Fsp3) is 0.278. The second-order valence-electron chi connectivity index (χ2n) is 5.33. The Morgan fingerprint density at radius 3 is 2.43 bits per heavy atom. The molecule has 110 valence electrons. The topological polar surface area (TPSA) is 41.1 Å². The molecule has 2 N–H and O–H groups in total. The maximum Gasteiger partial charge on any atom is 0.257 e. The highest BCUT2D eigenvalue weighted by Crippen LogP contribution is 2.20. The highest BCUT2D eigenvalue weighted by Gasteiger charge is 2.11. The van der Waals surface area contributed by atoms with E-state index in [-0.39, 0.29) is 5.91 Å². The molecule has 2 rings (SSSR count). The molecule has 0 aliphatic carbocycles. The average molecular weight is 282 g/mol. The van der Waals surface area contributed by atoms with Crippen LogP contribution in [0.2, 0.25) is 0 Å². The third kappa shape index (κ3) is 3.63. The van der Waals surface area contributed by atoms with Gasteiger partial charge in [0.25, 0.3) is 5.91 Å². The van der Waals surface area contributed by atoms with Crippen LogP contribution in [0.3, 0.4) is 0 Å². The Labute approximate surface area is 126 Å². The van der Waals surface area contributed by atoms with Crippen molar-refractivity contribution in [3.05, 3.63) is 58.7 Å². The number of amides is 1. The Bertz CT molecular complexity index is 662. The molecule has 0 aliphatic heterocycles. The van der Waals surface area contributed by atoms with E-state index in [0.29, 0.717) is 5.56 Å². The van der Waals surface area contributed by atoms with Crippen molar-refractivity contribution in [1.29, 1.82) is 0 Å². The van der Waals surface area contributed by atoms with Crippen molar-refractivity contribution < 1.29 is 4.79 Å². The Morgan fingerprint density at radius 1 is 1.00 bits per heavy atom. The fourth-order valence-corrected chi connectivity index (χ4v) is 2.21. The van der Waals surface area contributed by atoms with E-state index in [1.54, 1.807) is 0 Å². The molecule has 2 aromatic rings. The maximum atomic E-state index is 12.5. The van der Waals surface area contributed by atoms with Gasteiger partial charge in [-0.2, -0.15) is 0 Å². The van der Waals surface area contributed by atoms with Gasteiger partial charge in [0, 0.05) is 17.9 Å². The van der Waals surface area contributed by atoms with E-state index in [1.807, 2.05) is 57.2 Å². The van der Waals surface area contributed by atoms with Crippen LogP contribution in [0.1, 0.15) is 34.0 Å². The maximum absolute atomic E-state index is 12.5. The van der Waals surface area contributed by atoms with E-state index in [4.69, 9.17) is 0 Å². The second-order valence-corrected chi connectivity index (χ2v) is 5.33. The molecule has 2 aromatic carbocycles. The number of carbonyl (C=O) groups excluding carboxylic acids is 1. The van der Waals surface area contributed by atoms with E-state index in [2.05, 4.69) is 17.6 Å². The minimum absolute atomic E-state index is 0.0887. The van der Waals surface area contributed by atoms with Gasteiger partial charge in [-0.3, -0.25) is 4.79 Å². The summed E-state index contributed by atoms with van der Waals surface area (Å²) in [6.45, 7) is 8.93. The first-order valence-corrected chi connectivity index (χ1v) is 7.24. The van der Waals surface area contributed by atoms with Crippen LogP contribution in [0.25, 0.3) is 0 Å². The smallest absolute Gasteiger partial charge is 0.257 e. The van der Waals surface area contributed by atoms with E-state index in [9.17, 15) is 4.79 Å². The Kier molecular flexibility index (Phi) is 4.63. The highest BCUT2D eigenvalue weighted by atomic mass is 16.1. The lowest BCUT2D eigenvalue weighted by Gasteiger charge is -2.13. The van der Waals surface area contributed by atoms with Crippen LogP contribution in [0.5, 0.6) is 0 Å². The summed E-state index contributed by atoms with van der Waals surface area (Å²) in [5.74, 6) is -0.0887. The summed E-state index contributed by atoms with van der Waals surface area (Å²) in [6.07, 6.45) is 0. The van der Waals surface area contributed by atoms with Crippen LogP contribution in [0.4, 0.5) is 11.4 Å². The molecule has 0 fully saturated rings. The van der Waals surface area contributed by atoms with E-state index >= 15 is 0 Å². The van der Waals surface area contributed by atoms with E-state index in [0.717, 1.165) is 23.5 Å². The number of carbonyl (C=O) groups is 1. The zero-order valence-electron chi connectivity index (χ0n) is 13.1. The van der Waals surface area contributed by atoms with Crippen molar-refractivity contribution in [2.75, 3.05) is 17.2 Å². The van der Waals surface area contributed by atoms with Crippen molar-refractivity contribution >= 4 is 17.3 Å². The lowest BCUT2D eigenvalue weighted by Crippen LogP contribution is -2.15. The Balaban J connectivity index is 2.25. The normalized spacial score (nSPS) is 10.3. The zero-order chi connectivity index (χ0) is 15.4. The molecule has 0 bridgehead atoms. The number of benzene rings is 2. The first kappa shape index (κ1) is 15.1. The lowest BCUT2D eigenvalue weighted by atomic mass is 10.1. The van der Waals surface area contributed by atoms with Crippen LogP contribution in [-0.2, 0) is 0 Å². The van der Waals surface area contributed by atoms with E-state index in [1.165, 1.54) is 11.1 Å². The highest BCUT2D eigenvalue weighted by molar-refractivity contribution is 6.08. The summed E-state index contributed by atoms with van der Waals surface area (Å²) < 4.78 is 0. The van der Waals surface area contributed by atoms with E-state index < -0.39 is 0 Å².